The second-order valence-electron chi connectivity index (χ2n) is 13.7. The van der Waals surface area contributed by atoms with Gasteiger partial charge in [-0.1, -0.05) is 36.8 Å². The lowest BCUT2D eigenvalue weighted by Crippen LogP contribution is -2.48. The molecule has 0 spiro atoms. The minimum absolute atomic E-state index is 0.0566. The summed E-state index contributed by atoms with van der Waals surface area (Å²) in [6.07, 6.45) is 9.36. The van der Waals surface area contributed by atoms with Gasteiger partial charge in [0.05, 0.1) is 31.8 Å². The van der Waals surface area contributed by atoms with Crippen LogP contribution in [0.3, 0.4) is 0 Å². The number of hydrogen-bond donors (Lipinski definition) is 1. The summed E-state index contributed by atoms with van der Waals surface area (Å²) >= 11 is 0. The molecule has 1 aliphatic carbocycles. The molecule has 1 N–H and O–H groups in total. The van der Waals surface area contributed by atoms with Gasteiger partial charge < -0.3 is 19.5 Å². The minimum atomic E-state index is -3.72. The monoisotopic (exact) mass is 669 g/mol. The van der Waals surface area contributed by atoms with Crippen LogP contribution < -0.4 is 10.1 Å². The number of ether oxygens (including phenoxy) is 3. The van der Waals surface area contributed by atoms with Crippen LogP contribution in [0.2, 0.25) is 0 Å². The summed E-state index contributed by atoms with van der Waals surface area (Å²) in [4.78, 5) is 15.8. The van der Waals surface area contributed by atoms with E-state index in [1.165, 1.54) is 24.8 Å². The average Bonchev–Trinajstić information content (AvgIpc) is 3.08. The second kappa shape index (κ2) is 17.2. The summed E-state index contributed by atoms with van der Waals surface area (Å²) in [5.41, 5.74) is 2.75. The zero-order chi connectivity index (χ0) is 33.2. The number of carbonyl (C=O) groups is 1. The lowest BCUT2D eigenvalue weighted by Gasteiger charge is -2.42. The fraction of sp³-hybridized carbons (Fsp3) is 0.649. The van der Waals surface area contributed by atoms with Gasteiger partial charge in [-0.2, -0.15) is 4.31 Å². The number of hydrogen-bond acceptors (Lipinski definition) is 7. The number of carbonyl (C=O) groups excluding carboxylic acids is 1. The summed E-state index contributed by atoms with van der Waals surface area (Å²) < 4.78 is 46.1. The fourth-order valence-electron chi connectivity index (χ4n) is 7.97. The van der Waals surface area contributed by atoms with Crippen LogP contribution in [-0.2, 0) is 30.7 Å². The molecule has 5 rings (SSSR count). The Morgan fingerprint density at radius 2 is 1.68 bits per heavy atom. The standard InChI is InChI=1S/C37H55N3O6S/c1-28-23-34(44-3)24-29(2)37(28)47(42,43)40-18-8-7-11-33(40)26-46-27-36(41)38-25-31-12-15-32(16-13-31)35(39-19-21-45-22-20-39)17-14-30-9-5-4-6-10-30/h4-6,9-10,23-24,31-33,35H,7-8,11-22,25-27H2,1-3H3,(H,38,41). The summed E-state index contributed by atoms with van der Waals surface area (Å²) in [6, 6.07) is 14.6. The molecular weight excluding hydrogens is 614 g/mol. The molecule has 260 valence electrons. The van der Waals surface area contributed by atoms with Crippen LogP contribution in [-0.4, -0.2) is 95.3 Å². The Morgan fingerprint density at radius 1 is 0.979 bits per heavy atom. The van der Waals surface area contributed by atoms with Crippen molar-refractivity contribution in [3.8, 4) is 5.75 Å². The number of piperidine rings is 1. The molecule has 2 aromatic carbocycles. The molecule has 0 aromatic heterocycles. The highest BCUT2D eigenvalue weighted by molar-refractivity contribution is 7.89. The van der Waals surface area contributed by atoms with Crippen molar-refractivity contribution in [1.82, 2.24) is 14.5 Å². The van der Waals surface area contributed by atoms with E-state index in [0.29, 0.717) is 52.7 Å². The highest BCUT2D eigenvalue weighted by Gasteiger charge is 2.36. The van der Waals surface area contributed by atoms with Gasteiger partial charge in [0.1, 0.15) is 12.4 Å². The quantitative estimate of drug-likeness (QED) is 0.298. The van der Waals surface area contributed by atoms with Crippen molar-refractivity contribution in [1.29, 1.82) is 0 Å². The summed E-state index contributed by atoms with van der Waals surface area (Å²) in [5.74, 6) is 1.66. The smallest absolute Gasteiger partial charge is 0.246 e. The van der Waals surface area contributed by atoms with Crippen LogP contribution in [0.1, 0.15) is 68.1 Å². The molecule has 3 aliphatic rings. The number of nitrogens with one attached hydrogen (secondary N) is 1. The molecule has 9 nitrogen and oxygen atoms in total. The van der Waals surface area contributed by atoms with E-state index in [-0.39, 0.29) is 25.2 Å². The van der Waals surface area contributed by atoms with Gasteiger partial charge in [-0.05, 0) is 106 Å². The first-order valence-electron chi connectivity index (χ1n) is 17.6. The van der Waals surface area contributed by atoms with E-state index in [1.54, 1.807) is 23.5 Å². The fourth-order valence-corrected chi connectivity index (χ4v) is 10.1. The van der Waals surface area contributed by atoms with E-state index in [2.05, 4.69) is 40.5 Å². The van der Waals surface area contributed by atoms with Gasteiger partial charge in [0.15, 0.2) is 0 Å². The zero-order valence-corrected chi connectivity index (χ0v) is 29.4. The first kappa shape index (κ1) is 35.8. The maximum atomic E-state index is 13.8. The van der Waals surface area contributed by atoms with Crippen LogP contribution >= 0.6 is 0 Å². The molecule has 2 aliphatic heterocycles. The van der Waals surface area contributed by atoms with Gasteiger partial charge in [0, 0.05) is 38.3 Å². The van der Waals surface area contributed by atoms with Crippen molar-refractivity contribution < 1.29 is 27.4 Å². The van der Waals surface area contributed by atoms with Gasteiger partial charge in [0.25, 0.3) is 0 Å². The summed E-state index contributed by atoms with van der Waals surface area (Å²) in [6.45, 7) is 8.56. The highest BCUT2D eigenvalue weighted by Crippen LogP contribution is 2.35. The third-order valence-corrected chi connectivity index (χ3v) is 12.7. The van der Waals surface area contributed by atoms with Crippen molar-refractivity contribution >= 4 is 15.9 Å². The molecule has 2 heterocycles. The van der Waals surface area contributed by atoms with Crippen LogP contribution in [0.5, 0.6) is 5.75 Å². The first-order chi connectivity index (χ1) is 22.8. The Kier molecular flexibility index (Phi) is 13.1. The van der Waals surface area contributed by atoms with Gasteiger partial charge in [-0.15, -0.1) is 0 Å². The SMILES string of the molecule is COc1cc(C)c(S(=O)(=O)N2CCCCC2COCC(=O)NCC2CCC(C(CCc3ccccc3)N3CCOCC3)CC2)c(C)c1. The van der Waals surface area contributed by atoms with E-state index in [1.807, 2.05) is 13.8 Å². The average molecular weight is 670 g/mol. The Hall–Kier alpha value is -2.50. The normalized spacial score (nSPS) is 23.7. The van der Waals surface area contributed by atoms with Crippen LogP contribution in [0, 0.1) is 25.7 Å². The molecule has 1 amide bonds. The predicted molar refractivity (Wildman–Crippen MR) is 184 cm³/mol. The number of amides is 1. The number of nitrogens with zero attached hydrogens (tertiary/aromatic N) is 2. The molecule has 2 saturated heterocycles. The number of sulfonamides is 1. The zero-order valence-electron chi connectivity index (χ0n) is 28.6. The van der Waals surface area contributed by atoms with Crippen LogP contribution in [0.15, 0.2) is 47.4 Å². The lowest BCUT2D eigenvalue weighted by molar-refractivity contribution is -0.126. The van der Waals surface area contributed by atoms with Gasteiger partial charge in [0.2, 0.25) is 15.9 Å². The van der Waals surface area contributed by atoms with Crippen LogP contribution in [0.25, 0.3) is 0 Å². The molecule has 3 fully saturated rings. The third-order valence-electron chi connectivity index (χ3n) is 10.5. The maximum Gasteiger partial charge on any atom is 0.246 e. The van der Waals surface area contributed by atoms with E-state index < -0.39 is 10.0 Å². The number of benzene rings is 2. The van der Waals surface area contributed by atoms with Gasteiger partial charge in [-0.25, -0.2) is 8.42 Å². The number of morpholine rings is 1. The Labute approximate surface area is 282 Å². The van der Waals surface area contributed by atoms with Crippen molar-refractivity contribution in [2.24, 2.45) is 11.8 Å². The highest BCUT2D eigenvalue weighted by atomic mass is 32.2. The molecule has 1 saturated carbocycles. The van der Waals surface area contributed by atoms with Crippen molar-refractivity contribution in [3.05, 3.63) is 59.2 Å². The minimum Gasteiger partial charge on any atom is -0.497 e. The molecule has 0 bridgehead atoms. The molecule has 10 heteroatoms. The molecule has 47 heavy (non-hydrogen) atoms. The number of aryl methyl sites for hydroxylation is 3. The van der Waals surface area contributed by atoms with Gasteiger partial charge >= 0.3 is 0 Å². The number of methoxy groups -OCH3 is 1. The second-order valence-corrected chi connectivity index (χ2v) is 15.5. The van der Waals surface area contributed by atoms with Crippen molar-refractivity contribution in [3.63, 3.8) is 0 Å². The molecule has 2 unspecified atom stereocenters. The Balaban J connectivity index is 1.07. The lowest BCUT2D eigenvalue weighted by atomic mass is 9.76. The molecule has 2 aromatic rings. The number of rotatable bonds is 14. The summed E-state index contributed by atoms with van der Waals surface area (Å²) in [7, 11) is -2.14. The van der Waals surface area contributed by atoms with Crippen molar-refractivity contribution in [2.75, 3.05) is 59.7 Å². The van der Waals surface area contributed by atoms with E-state index >= 15 is 0 Å². The first-order valence-corrected chi connectivity index (χ1v) is 19.1. The molecule has 2 atom stereocenters. The molecular formula is C37H55N3O6S. The topological polar surface area (TPSA) is 97.4 Å². The third kappa shape index (κ3) is 9.57. The van der Waals surface area contributed by atoms with Crippen molar-refractivity contribution in [2.45, 2.75) is 88.6 Å². The Morgan fingerprint density at radius 3 is 2.36 bits per heavy atom. The van der Waals surface area contributed by atoms with E-state index in [4.69, 9.17) is 14.2 Å². The van der Waals surface area contributed by atoms with E-state index in [0.717, 1.165) is 64.8 Å². The largest absolute Gasteiger partial charge is 0.497 e. The predicted octanol–water partition coefficient (Wildman–Crippen LogP) is 5.13. The van der Waals surface area contributed by atoms with E-state index in [9.17, 15) is 13.2 Å². The van der Waals surface area contributed by atoms with Gasteiger partial charge in [-0.3, -0.25) is 9.69 Å². The van der Waals surface area contributed by atoms with Crippen LogP contribution in [0.4, 0.5) is 0 Å². The maximum absolute atomic E-state index is 13.8. The molecule has 0 radical (unpaired) electrons. The summed E-state index contributed by atoms with van der Waals surface area (Å²) in [5, 5.41) is 3.10. The Bertz CT molecular complexity index is 1370.